The Balaban J connectivity index is 2.98. The van der Waals surface area contributed by atoms with Gasteiger partial charge < -0.3 is 5.11 Å². The summed E-state index contributed by atoms with van der Waals surface area (Å²) in [4.78, 5) is 2.15. The van der Waals surface area contributed by atoms with E-state index in [1.807, 2.05) is 7.05 Å². The Morgan fingerprint density at radius 3 is 2.71 bits per heavy atom. The number of benzene rings is 1. The largest absolute Gasteiger partial charge is 0.384 e. The second kappa shape index (κ2) is 6.39. The van der Waals surface area contributed by atoms with Crippen LogP contribution in [0.4, 0.5) is 4.39 Å². The predicted octanol–water partition coefficient (Wildman–Crippen LogP) is 2.01. The first-order chi connectivity index (χ1) is 8.04. The molecule has 2 nitrogen and oxygen atoms in total. The fourth-order valence-electron chi connectivity index (χ4n) is 1.39. The van der Waals surface area contributed by atoms with Crippen molar-refractivity contribution in [3.63, 3.8) is 0 Å². The molecule has 0 fully saturated rings. The maximum atomic E-state index is 13.1. The van der Waals surface area contributed by atoms with E-state index in [1.54, 1.807) is 6.07 Å². The molecule has 0 amide bonds. The van der Waals surface area contributed by atoms with Gasteiger partial charge in [-0.25, -0.2) is 4.39 Å². The van der Waals surface area contributed by atoms with E-state index in [4.69, 9.17) is 5.11 Å². The molecule has 0 spiro atoms. The molecule has 1 aromatic rings. The van der Waals surface area contributed by atoms with Gasteiger partial charge in [0.2, 0.25) is 0 Å². The number of hydrogen-bond acceptors (Lipinski definition) is 2. The Hall–Kier alpha value is -1.37. The van der Waals surface area contributed by atoms with E-state index in [1.165, 1.54) is 12.1 Å². The van der Waals surface area contributed by atoms with Crippen molar-refractivity contribution in [3.05, 3.63) is 35.1 Å². The standard InChI is InChI=1S/C14H18FNO/c1-11(2)16(3)10-13-6-7-14(15)9-12(13)5-4-8-17/h6-7,9,11,17H,8,10H2,1-3H3. The van der Waals surface area contributed by atoms with Gasteiger partial charge in [-0.2, -0.15) is 0 Å². The molecule has 17 heavy (non-hydrogen) atoms. The lowest BCUT2D eigenvalue weighted by molar-refractivity contribution is 0.265. The minimum atomic E-state index is -0.303. The third-order valence-corrected chi connectivity index (χ3v) is 2.68. The van der Waals surface area contributed by atoms with Gasteiger partial charge >= 0.3 is 0 Å². The molecule has 0 aliphatic carbocycles. The Morgan fingerprint density at radius 1 is 1.41 bits per heavy atom. The van der Waals surface area contributed by atoms with E-state index in [2.05, 4.69) is 30.6 Å². The van der Waals surface area contributed by atoms with Crippen LogP contribution in [0.5, 0.6) is 0 Å². The van der Waals surface area contributed by atoms with Gasteiger partial charge in [0.15, 0.2) is 0 Å². The maximum absolute atomic E-state index is 13.1. The van der Waals surface area contributed by atoms with Gasteiger partial charge in [-0.05, 0) is 38.6 Å². The smallest absolute Gasteiger partial charge is 0.124 e. The fraction of sp³-hybridized carbons (Fsp3) is 0.429. The minimum absolute atomic E-state index is 0.212. The minimum Gasteiger partial charge on any atom is -0.384 e. The summed E-state index contributed by atoms with van der Waals surface area (Å²) in [6, 6.07) is 5.01. The molecule has 0 radical (unpaired) electrons. The van der Waals surface area contributed by atoms with E-state index < -0.39 is 0 Å². The van der Waals surface area contributed by atoms with Crippen LogP contribution in [0.25, 0.3) is 0 Å². The van der Waals surface area contributed by atoms with Crippen molar-refractivity contribution < 1.29 is 9.50 Å². The molecule has 0 aromatic heterocycles. The fourth-order valence-corrected chi connectivity index (χ4v) is 1.39. The van der Waals surface area contributed by atoms with Gasteiger partial charge in [-0.15, -0.1) is 0 Å². The molecule has 0 saturated heterocycles. The quantitative estimate of drug-likeness (QED) is 0.810. The molecule has 1 N–H and O–H groups in total. The Kier molecular flexibility index (Phi) is 5.14. The molecule has 0 atom stereocenters. The van der Waals surface area contributed by atoms with Crippen molar-refractivity contribution in [2.24, 2.45) is 0 Å². The maximum Gasteiger partial charge on any atom is 0.124 e. The van der Waals surface area contributed by atoms with E-state index in [-0.39, 0.29) is 12.4 Å². The summed E-state index contributed by atoms with van der Waals surface area (Å²) in [7, 11) is 2.01. The lowest BCUT2D eigenvalue weighted by Gasteiger charge is -2.21. The molecular formula is C14H18FNO. The first kappa shape index (κ1) is 13.7. The van der Waals surface area contributed by atoms with Gasteiger partial charge in [0.1, 0.15) is 12.4 Å². The molecule has 0 heterocycles. The molecule has 0 unspecified atom stereocenters. The van der Waals surface area contributed by atoms with Crippen LogP contribution in [0.1, 0.15) is 25.0 Å². The number of aliphatic hydroxyl groups excluding tert-OH is 1. The van der Waals surface area contributed by atoms with Crippen molar-refractivity contribution in [3.8, 4) is 11.8 Å². The van der Waals surface area contributed by atoms with E-state index in [9.17, 15) is 4.39 Å². The van der Waals surface area contributed by atoms with Crippen molar-refractivity contribution in [2.45, 2.75) is 26.4 Å². The number of halogens is 1. The highest BCUT2D eigenvalue weighted by Gasteiger charge is 2.08. The summed E-state index contributed by atoms with van der Waals surface area (Å²) in [5.74, 6) is 5.03. The van der Waals surface area contributed by atoms with Gasteiger partial charge in [0.25, 0.3) is 0 Å². The van der Waals surface area contributed by atoms with Crippen molar-refractivity contribution in [1.29, 1.82) is 0 Å². The second-order valence-corrected chi connectivity index (χ2v) is 4.27. The highest BCUT2D eigenvalue weighted by molar-refractivity contribution is 5.41. The molecule has 1 aromatic carbocycles. The zero-order valence-electron chi connectivity index (χ0n) is 10.5. The van der Waals surface area contributed by atoms with Crippen LogP contribution in [0.15, 0.2) is 18.2 Å². The molecule has 1 rings (SSSR count). The molecule has 3 heteroatoms. The summed E-state index contributed by atoms with van der Waals surface area (Å²) in [5.41, 5.74) is 1.62. The van der Waals surface area contributed by atoms with Gasteiger partial charge in [0.05, 0.1) is 0 Å². The Labute approximate surface area is 102 Å². The van der Waals surface area contributed by atoms with Gasteiger partial charge in [-0.1, -0.05) is 17.9 Å². The third kappa shape index (κ3) is 4.18. The average molecular weight is 235 g/mol. The molecule has 0 aliphatic rings. The Bertz CT molecular complexity index is 432. The Morgan fingerprint density at radius 2 is 2.12 bits per heavy atom. The van der Waals surface area contributed by atoms with Crippen LogP contribution in [0.2, 0.25) is 0 Å². The number of nitrogens with zero attached hydrogens (tertiary/aromatic N) is 1. The predicted molar refractivity (Wildman–Crippen MR) is 67.0 cm³/mol. The summed E-state index contributed by atoms with van der Waals surface area (Å²) in [6.07, 6.45) is 0. The van der Waals surface area contributed by atoms with Crippen LogP contribution >= 0.6 is 0 Å². The molecule has 0 aliphatic heterocycles. The van der Waals surface area contributed by atoms with Gasteiger partial charge in [-0.3, -0.25) is 4.90 Å². The number of rotatable bonds is 3. The first-order valence-electron chi connectivity index (χ1n) is 5.63. The molecule has 0 saturated carbocycles. The topological polar surface area (TPSA) is 23.5 Å². The molecule has 0 bridgehead atoms. The zero-order chi connectivity index (χ0) is 12.8. The van der Waals surface area contributed by atoms with Crippen LogP contribution in [0.3, 0.4) is 0 Å². The normalized spacial score (nSPS) is 10.5. The lowest BCUT2D eigenvalue weighted by Crippen LogP contribution is -2.26. The number of aliphatic hydroxyl groups is 1. The summed E-state index contributed by atoms with van der Waals surface area (Å²) < 4.78 is 13.1. The van der Waals surface area contributed by atoms with E-state index in [0.717, 1.165) is 5.56 Å². The highest BCUT2D eigenvalue weighted by atomic mass is 19.1. The SMILES string of the molecule is CC(C)N(C)Cc1ccc(F)cc1C#CCO. The van der Waals surface area contributed by atoms with Crippen molar-refractivity contribution in [1.82, 2.24) is 4.90 Å². The molecular weight excluding hydrogens is 217 g/mol. The lowest BCUT2D eigenvalue weighted by atomic mass is 10.1. The van der Waals surface area contributed by atoms with E-state index in [0.29, 0.717) is 18.2 Å². The summed E-state index contributed by atoms with van der Waals surface area (Å²) in [5, 5.41) is 8.68. The van der Waals surface area contributed by atoms with Crippen molar-refractivity contribution in [2.75, 3.05) is 13.7 Å². The highest BCUT2D eigenvalue weighted by Crippen LogP contribution is 2.13. The molecule has 92 valence electrons. The summed E-state index contributed by atoms with van der Waals surface area (Å²) in [6.45, 7) is 4.70. The van der Waals surface area contributed by atoms with Gasteiger partial charge in [0, 0.05) is 18.2 Å². The van der Waals surface area contributed by atoms with Crippen LogP contribution < -0.4 is 0 Å². The van der Waals surface area contributed by atoms with Crippen molar-refractivity contribution >= 4 is 0 Å². The van der Waals surface area contributed by atoms with Crippen LogP contribution in [-0.4, -0.2) is 29.7 Å². The monoisotopic (exact) mass is 235 g/mol. The average Bonchev–Trinajstić information content (AvgIpc) is 2.29. The van der Waals surface area contributed by atoms with E-state index >= 15 is 0 Å². The first-order valence-corrected chi connectivity index (χ1v) is 5.63. The van der Waals surface area contributed by atoms with Crippen LogP contribution in [0, 0.1) is 17.7 Å². The number of hydrogen-bond donors (Lipinski definition) is 1. The van der Waals surface area contributed by atoms with Crippen LogP contribution in [-0.2, 0) is 6.54 Å². The summed E-state index contributed by atoms with van der Waals surface area (Å²) >= 11 is 0. The second-order valence-electron chi connectivity index (χ2n) is 4.27. The third-order valence-electron chi connectivity index (χ3n) is 2.68. The zero-order valence-corrected chi connectivity index (χ0v) is 10.5.